The lowest BCUT2D eigenvalue weighted by Crippen LogP contribution is -2.40. The van der Waals surface area contributed by atoms with Crippen LogP contribution in [0, 0.1) is 5.92 Å². The highest BCUT2D eigenvalue weighted by Gasteiger charge is 2.21. The molecule has 0 aliphatic heterocycles. The number of aromatic nitrogens is 2. The van der Waals surface area contributed by atoms with Crippen molar-refractivity contribution in [1.82, 2.24) is 20.4 Å². The van der Waals surface area contributed by atoms with Crippen molar-refractivity contribution in [2.45, 2.75) is 26.3 Å². The average Bonchev–Trinajstić information content (AvgIpc) is 3.13. The van der Waals surface area contributed by atoms with E-state index in [0.717, 1.165) is 43.9 Å². The lowest BCUT2D eigenvalue weighted by atomic mass is 10.4. The summed E-state index contributed by atoms with van der Waals surface area (Å²) >= 11 is 0. The summed E-state index contributed by atoms with van der Waals surface area (Å²) in [7, 11) is 2.04. The molecule has 0 aromatic carbocycles. The fourth-order valence-corrected chi connectivity index (χ4v) is 1.84. The molecule has 0 amide bonds. The molecule has 112 valence electrons. The minimum Gasteiger partial charge on any atom is -0.379 e. The molecular weight excluding hydrogens is 254 g/mol. The van der Waals surface area contributed by atoms with Crippen LogP contribution in [0.15, 0.2) is 17.3 Å². The molecule has 20 heavy (non-hydrogen) atoms. The Morgan fingerprint density at radius 3 is 3.10 bits per heavy atom. The van der Waals surface area contributed by atoms with Gasteiger partial charge in [-0.2, -0.15) is 5.10 Å². The summed E-state index contributed by atoms with van der Waals surface area (Å²) in [5.41, 5.74) is 1.01. The molecule has 0 radical (unpaired) electrons. The number of nitrogens with zero attached hydrogens (tertiary/aromatic N) is 3. The van der Waals surface area contributed by atoms with Gasteiger partial charge in [0.25, 0.3) is 0 Å². The smallest absolute Gasteiger partial charge is 0.194 e. The van der Waals surface area contributed by atoms with Crippen LogP contribution < -0.4 is 5.32 Å². The Balaban J connectivity index is 1.74. The number of likely N-dealkylation sites (N-methyl/N-ethyl adjacent to an activating group) is 1. The van der Waals surface area contributed by atoms with E-state index < -0.39 is 0 Å². The first-order chi connectivity index (χ1) is 9.79. The largest absolute Gasteiger partial charge is 0.379 e. The summed E-state index contributed by atoms with van der Waals surface area (Å²) in [5, 5.41) is 10.1. The molecule has 2 rings (SSSR count). The normalized spacial score (nSPS) is 15.4. The number of aliphatic imine (C=N–C) groups is 1. The zero-order valence-corrected chi connectivity index (χ0v) is 12.4. The molecule has 1 aliphatic carbocycles. The molecular formula is C14H25N5O. The Labute approximate surface area is 120 Å². The van der Waals surface area contributed by atoms with Crippen LogP contribution in [0.5, 0.6) is 0 Å². The molecule has 0 bridgehead atoms. The number of hydrogen-bond acceptors (Lipinski definition) is 3. The maximum absolute atomic E-state index is 5.67. The Morgan fingerprint density at radius 1 is 1.60 bits per heavy atom. The first-order valence-corrected chi connectivity index (χ1v) is 7.35. The van der Waals surface area contributed by atoms with Gasteiger partial charge in [0, 0.05) is 32.9 Å². The summed E-state index contributed by atoms with van der Waals surface area (Å²) in [6, 6.07) is 1.94. The minimum atomic E-state index is 0.607. The van der Waals surface area contributed by atoms with Gasteiger partial charge in [-0.1, -0.05) is 0 Å². The summed E-state index contributed by atoms with van der Waals surface area (Å²) < 4.78 is 5.67. The second-order valence-corrected chi connectivity index (χ2v) is 5.19. The monoisotopic (exact) mass is 279 g/mol. The Hall–Kier alpha value is -1.56. The highest BCUT2D eigenvalue weighted by atomic mass is 16.5. The molecule has 6 nitrogen and oxygen atoms in total. The predicted octanol–water partition coefficient (Wildman–Crippen LogP) is 1.23. The van der Waals surface area contributed by atoms with E-state index in [4.69, 9.17) is 4.74 Å². The van der Waals surface area contributed by atoms with Crippen molar-refractivity contribution in [3.8, 4) is 0 Å². The van der Waals surface area contributed by atoms with Gasteiger partial charge in [-0.25, -0.2) is 4.99 Å². The third kappa shape index (κ3) is 5.21. The van der Waals surface area contributed by atoms with Crippen molar-refractivity contribution in [2.24, 2.45) is 10.9 Å². The fraction of sp³-hybridized carbons (Fsp3) is 0.714. The van der Waals surface area contributed by atoms with Gasteiger partial charge < -0.3 is 15.0 Å². The van der Waals surface area contributed by atoms with Gasteiger partial charge in [0.2, 0.25) is 0 Å². The Bertz CT molecular complexity index is 400. The molecule has 0 unspecified atom stereocenters. The number of hydrogen-bond donors (Lipinski definition) is 2. The first-order valence-electron chi connectivity index (χ1n) is 7.35. The minimum absolute atomic E-state index is 0.607. The molecule has 2 N–H and O–H groups in total. The van der Waals surface area contributed by atoms with E-state index in [-0.39, 0.29) is 0 Å². The summed E-state index contributed by atoms with van der Waals surface area (Å²) in [6.07, 6.45) is 4.42. The summed E-state index contributed by atoms with van der Waals surface area (Å²) in [5.74, 6) is 1.72. The van der Waals surface area contributed by atoms with Gasteiger partial charge >= 0.3 is 0 Å². The molecule has 0 atom stereocenters. The molecule has 1 saturated carbocycles. The van der Waals surface area contributed by atoms with Crippen LogP contribution in [-0.4, -0.2) is 54.4 Å². The maximum Gasteiger partial charge on any atom is 0.194 e. The standard InChI is InChI=1S/C14H25N5O/c1-3-15-14(16-10-13-6-7-17-18-13)19(2)8-9-20-11-12-4-5-12/h6-7,12H,3-5,8-11H2,1-2H3,(H,15,16)(H,17,18). The SMILES string of the molecule is CCNC(=NCc1ccn[nH]1)N(C)CCOCC1CC1. The summed E-state index contributed by atoms with van der Waals surface area (Å²) in [6.45, 7) is 6.05. The lowest BCUT2D eigenvalue weighted by molar-refractivity contribution is 0.115. The van der Waals surface area contributed by atoms with Gasteiger partial charge in [-0.05, 0) is 31.7 Å². The van der Waals surface area contributed by atoms with Gasteiger partial charge in [-0.3, -0.25) is 5.10 Å². The quantitative estimate of drug-likeness (QED) is 0.427. The third-order valence-corrected chi connectivity index (χ3v) is 3.28. The van der Waals surface area contributed by atoms with E-state index in [0.29, 0.717) is 6.54 Å². The Morgan fingerprint density at radius 2 is 2.45 bits per heavy atom. The highest BCUT2D eigenvalue weighted by molar-refractivity contribution is 5.79. The van der Waals surface area contributed by atoms with Gasteiger partial charge in [-0.15, -0.1) is 0 Å². The van der Waals surface area contributed by atoms with Crippen LogP contribution in [0.2, 0.25) is 0 Å². The molecule has 1 aromatic rings. The van der Waals surface area contributed by atoms with Crippen LogP contribution >= 0.6 is 0 Å². The molecule has 0 spiro atoms. The maximum atomic E-state index is 5.67. The van der Waals surface area contributed by atoms with E-state index in [1.807, 2.05) is 13.1 Å². The van der Waals surface area contributed by atoms with E-state index >= 15 is 0 Å². The second kappa shape index (κ2) is 7.89. The van der Waals surface area contributed by atoms with Crippen molar-refractivity contribution < 1.29 is 4.74 Å². The van der Waals surface area contributed by atoms with Crippen molar-refractivity contribution in [2.75, 3.05) is 33.4 Å². The molecule has 1 aliphatic rings. The molecule has 6 heteroatoms. The van der Waals surface area contributed by atoms with Crippen molar-refractivity contribution in [3.05, 3.63) is 18.0 Å². The number of ether oxygens (including phenoxy) is 1. The summed E-state index contributed by atoms with van der Waals surface area (Å²) in [4.78, 5) is 6.69. The van der Waals surface area contributed by atoms with E-state index in [1.165, 1.54) is 12.8 Å². The average molecular weight is 279 g/mol. The molecule has 1 heterocycles. The number of aromatic amines is 1. The number of rotatable bonds is 8. The van der Waals surface area contributed by atoms with Crippen molar-refractivity contribution >= 4 is 5.96 Å². The van der Waals surface area contributed by atoms with Gasteiger partial charge in [0.1, 0.15) is 0 Å². The number of H-pyrrole nitrogens is 1. The number of nitrogens with one attached hydrogen (secondary N) is 2. The van der Waals surface area contributed by atoms with Gasteiger partial charge in [0.15, 0.2) is 5.96 Å². The van der Waals surface area contributed by atoms with Crippen LogP contribution in [0.1, 0.15) is 25.5 Å². The van der Waals surface area contributed by atoms with Crippen LogP contribution in [0.25, 0.3) is 0 Å². The first kappa shape index (κ1) is 14.8. The fourth-order valence-electron chi connectivity index (χ4n) is 1.84. The van der Waals surface area contributed by atoms with E-state index in [9.17, 15) is 0 Å². The zero-order valence-electron chi connectivity index (χ0n) is 12.4. The van der Waals surface area contributed by atoms with E-state index in [2.05, 4.69) is 32.3 Å². The van der Waals surface area contributed by atoms with Crippen LogP contribution in [0.3, 0.4) is 0 Å². The number of guanidine groups is 1. The molecule has 0 saturated heterocycles. The van der Waals surface area contributed by atoms with Gasteiger partial charge in [0.05, 0.1) is 18.8 Å². The zero-order chi connectivity index (χ0) is 14.2. The molecule has 1 aromatic heterocycles. The predicted molar refractivity (Wildman–Crippen MR) is 79.6 cm³/mol. The van der Waals surface area contributed by atoms with Crippen LogP contribution in [-0.2, 0) is 11.3 Å². The third-order valence-electron chi connectivity index (χ3n) is 3.28. The lowest BCUT2D eigenvalue weighted by Gasteiger charge is -2.21. The topological polar surface area (TPSA) is 65.5 Å². The molecule has 1 fully saturated rings. The van der Waals surface area contributed by atoms with Crippen molar-refractivity contribution in [3.63, 3.8) is 0 Å². The van der Waals surface area contributed by atoms with E-state index in [1.54, 1.807) is 6.20 Å². The highest BCUT2D eigenvalue weighted by Crippen LogP contribution is 2.28. The Kier molecular flexibility index (Phi) is 5.86. The van der Waals surface area contributed by atoms with Crippen LogP contribution in [0.4, 0.5) is 0 Å². The second-order valence-electron chi connectivity index (χ2n) is 5.19. The van der Waals surface area contributed by atoms with Crippen molar-refractivity contribution in [1.29, 1.82) is 0 Å².